The van der Waals surface area contributed by atoms with Gasteiger partial charge in [0.25, 0.3) is 0 Å². The molecule has 0 aliphatic rings. The Hall–Kier alpha value is -1.51. The molecule has 0 heterocycles. The molecule has 0 radical (unpaired) electrons. The molecule has 0 aliphatic heterocycles. The quantitative estimate of drug-likeness (QED) is 0.680. The van der Waals surface area contributed by atoms with E-state index in [1.165, 1.54) is 16.3 Å². The van der Waals surface area contributed by atoms with Crippen molar-refractivity contribution >= 4 is 10.8 Å². The van der Waals surface area contributed by atoms with E-state index in [4.69, 9.17) is 4.74 Å². The lowest BCUT2D eigenvalue weighted by Gasteiger charge is -2.19. The summed E-state index contributed by atoms with van der Waals surface area (Å²) < 4.78 is 6.15. The van der Waals surface area contributed by atoms with Gasteiger partial charge in [-0.2, -0.15) is 0 Å². The number of benzene rings is 2. The topological polar surface area (TPSA) is 12.5 Å². The lowest BCUT2D eigenvalue weighted by atomic mass is 10.0. The summed E-state index contributed by atoms with van der Waals surface area (Å²) in [5.41, 5.74) is 1.21. The molecule has 2 rings (SSSR count). The zero-order chi connectivity index (χ0) is 15.1. The second-order valence-electron chi connectivity index (χ2n) is 5.14. The SMILES string of the molecule is C=CCc1ccc2ccccc2c1OCCN(CC)CC.[Cl-]. The van der Waals surface area contributed by atoms with Crippen molar-refractivity contribution in [2.45, 2.75) is 20.3 Å². The average Bonchev–Trinajstić information content (AvgIpc) is 2.53. The van der Waals surface area contributed by atoms with Gasteiger partial charge in [0.15, 0.2) is 0 Å². The number of likely N-dealkylation sites (N-methyl/N-ethyl adjacent to an activating group) is 1. The molecule has 0 spiro atoms. The zero-order valence-electron chi connectivity index (χ0n) is 13.5. The summed E-state index contributed by atoms with van der Waals surface area (Å²) >= 11 is 0. The van der Waals surface area contributed by atoms with Crippen LogP contribution in [0.2, 0.25) is 0 Å². The van der Waals surface area contributed by atoms with Crippen molar-refractivity contribution in [3.8, 4) is 5.75 Å². The molecule has 0 saturated heterocycles. The molecule has 0 saturated carbocycles. The minimum absolute atomic E-state index is 0. The van der Waals surface area contributed by atoms with Gasteiger partial charge in [-0.15, -0.1) is 6.58 Å². The Balaban J connectivity index is 0.00000242. The Morgan fingerprint density at radius 1 is 1.09 bits per heavy atom. The van der Waals surface area contributed by atoms with E-state index in [1.807, 2.05) is 6.08 Å². The first-order valence-electron chi connectivity index (χ1n) is 7.76. The lowest BCUT2D eigenvalue weighted by molar-refractivity contribution is -0.00000473. The summed E-state index contributed by atoms with van der Waals surface area (Å²) in [5.74, 6) is 1.01. The fourth-order valence-electron chi connectivity index (χ4n) is 2.59. The van der Waals surface area contributed by atoms with E-state index >= 15 is 0 Å². The summed E-state index contributed by atoms with van der Waals surface area (Å²) in [5, 5.41) is 2.42. The average molecular weight is 319 g/mol. The Morgan fingerprint density at radius 2 is 1.82 bits per heavy atom. The summed E-state index contributed by atoms with van der Waals surface area (Å²) in [4.78, 5) is 2.37. The van der Waals surface area contributed by atoms with Crippen LogP contribution in [-0.4, -0.2) is 31.1 Å². The fourth-order valence-corrected chi connectivity index (χ4v) is 2.59. The predicted molar refractivity (Wildman–Crippen MR) is 91.1 cm³/mol. The van der Waals surface area contributed by atoms with Gasteiger partial charge in [-0.1, -0.05) is 56.3 Å². The summed E-state index contributed by atoms with van der Waals surface area (Å²) in [6.45, 7) is 12.0. The van der Waals surface area contributed by atoms with Gasteiger partial charge in [0.2, 0.25) is 0 Å². The predicted octanol–water partition coefficient (Wildman–Crippen LogP) is 1.29. The van der Waals surface area contributed by atoms with E-state index < -0.39 is 0 Å². The summed E-state index contributed by atoms with van der Waals surface area (Å²) in [7, 11) is 0. The monoisotopic (exact) mass is 318 g/mol. The molecule has 2 aromatic carbocycles. The van der Waals surface area contributed by atoms with E-state index in [9.17, 15) is 0 Å². The first-order chi connectivity index (χ1) is 10.3. The molecule has 0 amide bonds. The third-order valence-corrected chi connectivity index (χ3v) is 3.87. The van der Waals surface area contributed by atoms with Gasteiger partial charge in [-0.3, -0.25) is 0 Å². The first-order valence-corrected chi connectivity index (χ1v) is 7.76. The molecule has 0 N–H and O–H groups in total. The molecular weight excluding hydrogens is 294 g/mol. The highest BCUT2D eigenvalue weighted by Gasteiger charge is 2.08. The molecular formula is C19H25ClNO-. The van der Waals surface area contributed by atoms with Crippen LogP contribution in [0.25, 0.3) is 10.8 Å². The normalized spacial score (nSPS) is 10.5. The van der Waals surface area contributed by atoms with Gasteiger partial charge in [-0.05, 0) is 30.5 Å². The maximum atomic E-state index is 6.15. The number of allylic oxidation sites excluding steroid dienone is 1. The second kappa shape index (κ2) is 9.50. The number of hydrogen-bond acceptors (Lipinski definition) is 2. The van der Waals surface area contributed by atoms with Crippen molar-refractivity contribution in [2.24, 2.45) is 0 Å². The summed E-state index contributed by atoms with van der Waals surface area (Å²) in [6, 6.07) is 12.7. The minimum atomic E-state index is 0. The summed E-state index contributed by atoms with van der Waals surface area (Å²) in [6.07, 6.45) is 2.77. The van der Waals surface area contributed by atoms with Crippen molar-refractivity contribution in [1.82, 2.24) is 4.90 Å². The molecule has 0 unspecified atom stereocenters. The van der Waals surface area contributed by atoms with E-state index in [0.29, 0.717) is 0 Å². The number of fused-ring (bicyclic) bond motifs is 1. The standard InChI is InChI=1S/C19H25NO.ClH/c1-4-9-17-13-12-16-10-7-8-11-18(16)19(17)21-15-14-20(5-2)6-3;/h4,7-8,10-13H,1,5-6,9,14-15H2,2-3H3;1H/p-1. The van der Waals surface area contributed by atoms with Gasteiger partial charge in [0, 0.05) is 11.9 Å². The maximum absolute atomic E-state index is 6.15. The number of halogens is 1. The highest BCUT2D eigenvalue weighted by atomic mass is 35.5. The molecule has 0 bridgehead atoms. The molecule has 0 aliphatic carbocycles. The van der Waals surface area contributed by atoms with E-state index in [0.717, 1.165) is 38.4 Å². The van der Waals surface area contributed by atoms with Crippen LogP contribution in [0, 0.1) is 0 Å². The van der Waals surface area contributed by atoms with Crippen LogP contribution in [-0.2, 0) is 6.42 Å². The molecule has 0 fully saturated rings. The van der Waals surface area contributed by atoms with Crippen LogP contribution in [0.3, 0.4) is 0 Å². The zero-order valence-corrected chi connectivity index (χ0v) is 14.3. The number of nitrogens with zero attached hydrogens (tertiary/aromatic N) is 1. The van der Waals surface area contributed by atoms with Gasteiger partial charge < -0.3 is 22.0 Å². The molecule has 0 atom stereocenters. The van der Waals surface area contributed by atoms with E-state index in [1.54, 1.807) is 0 Å². The third-order valence-electron chi connectivity index (χ3n) is 3.87. The largest absolute Gasteiger partial charge is 1.00 e. The van der Waals surface area contributed by atoms with Crippen LogP contribution in [0.5, 0.6) is 5.75 Å². The lowest BCUT2D eigenvalue weighted by Crippen LogP contribution is -3.00. The van der Waals surface area contributed by atoms with Crippen LogP contribution in [0.4, 0.5) is 0 Å². The van der Waals surface area contributed by atoms with Crippen molar-refractivity contribution in [2.75, 3.05) is 26.2 Å². The van der Waals surface area contributed by atoms with Crippen molar-refractivity contribution in [3.05, 3.63) is 54.6 Å². The molecule has 120 valence electrons. The number of rotatable bonds is 8. The molecule has 0 aromatic heterocycles. The Bertz CT molecular complexity index is 593. The minimum Gasteiger partial charge on any atom is -1.00 e. The van der Waals surface area contributed by atoms with Crippen LogP contribution in [0.15, 0.2) is 49.1 Å². The Morgan fingerprint density at radius 3 is 2.50 bits per heavy atom. The van der Waals surface area contributed by atoms with Gasteiger partial charge in [0.05, 0.1) is 0 Å². The van der Waals surface area contributed by atoms with Gasteiger partial charge >= 0.3 is 0 Å². The number of ether oxygens (including phenoxy) is 1. The highest BCUT2D eigenvalue weighted by Crippen LogP contribution is 2.30. The van der Waals surface area contributed by atoms with Gasteiger partial charge in [-0.25, -0.2) is 0 Å². The van der Waals surface area contributed by atoms with Gasteiger partial charge in [0.1, 0.15) is 12.4 Å². The molecule has 2 aromatic rings. The van der Waals surface area contributed by atoms with E-state index in [-0.39, 0.29) is 12.4 Å². The maximum Gasteiger partial charge on any atom is 0.130 e. The third kappa shape index (κ3) is 4.49. The van der Waals surface area contributed by atoms with Crippen molar-refractivity contribution in [1.29, 1.82) is 0 Å². The van der Waals surface area contributed by atoms with Crippen LogP contribution >= 0.6 is 0 Å². The number of hydrogen-bond donors (Lipinski definition) is 0. The Kier molecular flexibility index (Phi) is 8.00. The van der Waals surface area contributed by atoms with E-state index in [2.05, 4.69) is 61.7 Å². The van der Waals surface area contributed by atoms with Crippen LogP contribution in [0.1, 0.15) is 19.4 Å². The fraction of sp³-hybridized carbons (Fsp3) is 0.368. The Labute approximate surface area is 140 Å². The van der Waals surface area contributed by atoms with Crippen molar-refractivity contribution in [3.63, 3.8) is 0 Å². The second-order valence-corrected chi connectivity index (χ2v) is 5.14. The molecule has 3 heteroatoms. The molecule has 2 nitrogen and oxygen atoms in total. The molecule has 22 heavy (non-hydrogen) atoms. The smallest absolute Gasteiger partial charge is 0.130 e. The first kappa shape index (κ1) is 18.5. The van der Waals surface area contributed by atoms with Crippen LogP contribution < -0.4 is 17.1 Å². The highest BCUT2D eigenvalue weighted by molar-refractivity contribution is 5.89. The van der Waals surface area contributed by atoms with Crippen molar-refractivity contribution < 1.29 is 17.1 Å².